The monoisotopic (exact) mass is 518 g/mol. The van der Waals surface area contributed by atoms with Crippen LogP contribution in [-0.4, -0.2) is 0 Å². The molecule has 0 aliphatic carbocycles. The molecule has 0 aliphatic heterocycles. The Hall–Kier alpha value is -5.02. The van der Waals surface area contributed by atoms with Crippen molar-refractivity contribution in [3.63, 3.8) is 0 Å². The highest BCUT2D eigenvalue weighted by Gasteiger charge is 2.24. The van der Waals surface area contributed by atoms with Gasteiger partial charge in [-0.1, -0.05) is 72.8 Å². The molecule has 0 saturated heterocycles. The van der Waals surface area contributed by atoms with Gasteiger partial charge in [0.2, 0.25) is 5.69 Å². The Labute approximate surface area is 230 Å². The quantitative estimate of drug-likeness (QED) is 0.164. The van der Waals surface area contributed by atoms with Crippen molar-refractivity contribution in [2.45, 2.75) is 6.92 Å². The van der Waals surface area contributed by atoms with Crippen LogP contribution < -0.4 is 4.57 Å². The smallest absolute Gasteiger partial charge is 0.216 e. The van der Waals surface area contributed by atoms with Crippen molar-refractivity contribution in [3.8, 4) is 22.4 Å². The van der Waals surface area contributed by atoms with Gasteiger partial charge in [-0.3, -0.25) is 0 Å². The van der Waals surface area contributed by atoms with Crippen LogP contribution in [0.25, 0.3) is 76.6 Å². The van der Waals surface area contributed by atoms with E-state index in [4.69, 9.17) is 4.42 Å². The molecule has 0 aliphatic rings. The molecule has 2 heterocycles. The minimum atomic E-state index is -0.292. The van der Waals surface area contributed by atoms with E-state index in [1.54, 1.807) is 6.07 Å². The van der Waals surface area contributed by atoms with E-state index in [1.807, 2.05) is 43.6 Å². The van der Waals surface area contributed by atoms with Crippen molar-refractivity contribution in [1.82, 2.24) is 0 Å². The summed E-state index contributed by atoms with van der Waals surface area (Å²) in [6.07, 6.45) is 2.03. The zero-order valence-corrected chi connectivity index (χ0v) is 22.2. The van der Waals surface area contributed by atoms with Crippen molar-refractivity contribution in [3.05, 3.63) is 127 Å². The molecule has 40 heavy (non-hydrogen) atoms. The number of fused-ring (bicyclic) bond motifs is 8. The zero-order chi connectivity index (χ0) is 27.0. The maximum atomic E-state index is 16.1. The molecular formula is C37H25FNO+. The van der Waals surface area contributed by atoms with Gasteiger partial charge in [-0.15, -0.1) is 0 Å². The molecule has 0 fully saturated rings. The lowest BCUT2D eigenvalue weighted by Gasteiger charge is -2.14. The number of aryl methyl sites for hydroxylation is 2. The van der Waals surface area contributed by atoms with Gasteiger partial charge in [-0.2, -0.15) is 0 Å². The van der Waals surface area contributed by atoms with E-state index < -0.39 is 0 Å². The lowest BCUT2D eigenvalue weighted by molar-refractivity contribution is -0.660. The van der Waals surface area contributed by atoms with Crippen LogP contribution in [0.4, 0.5) is 4.39 Å². The number of hydrogen-bond donors (Lipinski definition) is 0. The van der Waals surface area contributed by atoms with Crippen LogP contribution in [0.3, 0.4) is 0 Å². The van der Waals surface area contributed by atoms with Crippen molar-refractivity contribution >= 4 is 54.3 Å². The van der Waals surface area contributed by atoms with Gasteiger partial charge in [-0.25, -0.2) is 8.96 Å². The fourth-order valence-electron chi connectivity index (χ4n) is 6.40. The fourth-order valence-corrected chi connectivity index (χ4v) is 6.40. The molecule has 8 aromatic rings. The van der Waals surface area contributed by atoms with Crippen LogP contribution in [0.15, 0.2) is 120 Å². The van der Waals surface area contributed by atoms with Crippen LogP contribution in [-0.2, 0) is 7.05 Å². The summed E-state index contributed by atoms with van der Waals surface area (Å²) >= 11 is 0. The normalized spacial score (nSPS) is 11.9. The Kier molecular flexibility index (Phi) is 4.86. The summed E-state index contributed by atoms with van der Waals surface area (Å²) in [7, 11) is 2.03. The largest absolute Gasteiger partial charge is 0.454 e. The second kappa shape index (κ2) is 8.49. The first-order chi connectivity index (χ1) is 19.6. The van der Waals surface area contributed by atoms with Gasteiger partial charge in [0.1, 0.15) is 24.0 Å². The first-order valence-corrected chi connectivity index (χ1v) is 13.5. The molecule has 0 bridgehead atoms. The predicted molar refractivity (Wildman–Crippen MR) is 163 cm³/mol. The molecule has 2 aromatic heterocycles. The molecule has 0 atom stereocenters. The number of nitrogens with zero attached hydrogens (tertiary/aromatic N) is 1. The van der Waals surface area contributed by atoms with Crippen LogP contribution in [0, 0.1) is 12.7 Å². The van der Waals surface area contributed by atoms with Gasteiger partial charge >= 0.3 is 0 Å². The third-order valence-corrected chi connectivity index (χ3v) is 8.31. The number of furan rings is 1. The maximum absolute atomic E-state index is 16.1. The molecule has 2 nitrogen and oxygen atoms in total. The van der Waals surface area contributed by atoms with Crippen LogP contribution in [0.1, 0.15) is 5.56 Å². The standard InChI is InChI=1S/C37H25FNO/c1-22-14-16-28-29-18-19-32(38)35(37(29)40-36(28)34(22)33-13-7-8-20-39(33)2)31-21-30-24-10-4-3-9-23(24)15-17-27(30)25-11-5-6-12-26(25)31/h3-21H,1-2H3/q+1. The van der Waals surface area contributed by atoms with E-state index in [0.29, 0.717) is 11.1 Å². The average molecular weight is 519 g/mol. The van der Waals surface area contributed by atoms with Crippen molar-refractivity contribution < 1.29 is 13.4 Å². The second-order valence-corrected chi connectivity index (χ2v) is 10.6. The molecule has 6 aromatic carbocycles. The highest BCUT2D eigenvalue weighted by molar-refractivity contribution is 6.23. The molecule has 0 amide bonds. The van der Waals surface area contributed by atoms with Crippen LogP contribution >= 0.6 is 0 Å². The number of halogens is 1. The van der Waals surface area contributed by atoms with E-state index >= 15 is 4.39 Å². The third-order valence-electron chi connectivity index (χ3n) is 8.31. The van der Waals surface area contributed by atoms with E-state index in [-0.39, 0.29) is 5.82 Å². The average Bonchev–Trinajstić information content (AvgIpc) is 3.35. The fraction of sp³-hybridized carbons (Fsp3) is 0.0541. The van der Waals surface area contributed by atoms with Gasteiger partial charge in [0.25, 0.3) is 0 Å². The molecule has 8 rings (SSSR count). The van der Waals surface area contributed by atoms with E-state index in [1.165, 1.54) is 0 Å². The minimum Gasteiger partial charge on any atom is -0.454 e. The molecule has 0 saturated carbocycles. The number of aromatic nitrogens is 1. The Balaban J connectivity index is 1.53. The molecule has 0 unspecified atom stereocenters. The topological polar surface area (TPSA) is 17.0 Å². The lowest BCUT2D eigenvalue weighted by atomic mass is 9.90. The Morgan fingerprint density at radius 1 is 0.575 bits per heavy atom. The van der Waals surface area contributed by atoms with Gasteiger partial charge in [0, 0.05) is 22.9 Å². The van der Waals surface area contributed by atoms with Gasteiger partial charge < -0.3 is 4.42 Å². The summed E-state index contributed by atoms with van der Waals surface area (Å²) in [6.45, 7) is 2.10. The molecule has 0 radical (unpaired) electrons. The second-order valence-electron chi connectivity index (χ2n) is 10.6. The van der Waals surface area contributed by atoms with Crippen molar-refractivity contribution in [2.75, 3.05) is 0 Å². The maximum Gasteiger partial charge on any atom is 0.216 e. The van der Waals surface area contributed by atoms with Gasteiger partial charge in [-0.05, 0) is 74.6 Å². The SMILES string of the molecule is Cc1ccc2c(oc3c(-c4cc5c6ccccc6ccc5c5ccccc45)c(F)ccc32)c1-c1cccc[n+]1C. The molecule has 0 N–H and O–H groups in total. The first kappa shape index (κ1) is 22.9. The summed E-state index contributed by atoms with van der Waals surface area (Å²) in [6, 6.07) is 36.9. The third kappa shape index (κ3) is 3.18. The molecule has 3 heteroatoms. The number of benzene rings is 6. The van der Waals surface area contributed by atoms with E-state index in [9.17, 15) is 0 Å². The Morgan fingerprint density at radius 2 is 1.23 bits per heavy atom. The highest BCUT2D eigenvalue weighted by atomic mass is 19.1. The molecule has 190 valence electrons. The Bertz CT molecular complexity index is 2310. The van der Waals surface area contributed by atoms with Crippen molar-refractivity contribution in [1.29, 1.82) is 0 Å². The Morgan fingerprint density at radius 3 is 2.05 bits per heavy atom. The van der Waals surface area contributed by atoms with E-state index in [0.717, 1.165) is 71.1 Å². The minimum absolute atomic E-state index is 0.292. The van der Waals surface area contributed by atoms with Gasteiger partial charge in [0.15, 0.2) is 6.20 Å². The lowest BCUT2D eigenvalue weighted by Crippen LogP contribution is -2.30. The summed E-state index contributed by atoms with van der Waals surface area (Å²) < 4.78 is 24.9. The van der Waals surface area contributed by atoms with Crippen LogP contribution in [0.2, 0.25) is 0 Å². The molecule has 0 spiro atoms. The van der Waals surface area contributed by atoms with Crippen molar-refractivity contribution in [2.24, 2.45) is 7.05 Å². The zero-order valence-electron chi connectivity index (χ0n) is 22.2. The summed E-state index contributed by atoms with van der Waals surface area (Å²) in [4.78, 5) is 0. The number of pyridine rings is 1. The first-order valence-electron chi connectivity index (χ1n) is 13.5. The summed E-state index contributed by atoms with van der Waals surface area (Å²) in [5.41, 5.74) is 5.88. The predicted octanol–water partition coefficient (Wildman–Crippen LogP) is 9.65. The summed E-state index contributed by atoms with van der Waals surface area (Å²) in [5.74, 6) is -0.292. The van der Waals surface area contributed by atoms with Gasteiger partial charge in [0.05, 0.1) is 11.1 Å². The number of rotatable bonds is 2. The van der Waals surface area contributed by atoms with Crippen LogP contribution in [0.5, 0.6) is 0 Å². The molecular weight excluding hydrogens is 493 g/mol. The van der Waals surface area contributed by atoms with E-state index in [2.05, 4.69) is 84.3 Å². The highest BCUT2D eigenvalue weighted by Crippen LogP contribution is 2.45. The summed E-state index contributed by atoms with van der Waals surface area (Å²) in [5, 5.41) is 8.57. The number of hydrogen-bond acceptors (Lipinski definition) is 1.